The number of rotatable bonds is 7. The molecular weight excluding hydrogens is 461 g/mol. The molecule has 0 aliphatic carbocycles. The average molecular weight is 480 g/mol. The van der Waals surface area contributed by atoms with Gasteiger partial charge in [-0.3, -0.25) is 4.98 Å². The van der Waals surface area contributed by atoms with Crippen molar-refractivity contribution in [3.63, 3.8) is 0 Å². The predicted molar refractivity (Wildman–Crippen MR) is 126 cm³/mol. The van der Waals surface area contributed by atoms with E-state index in [0.29, 0.717) is 29.1 Å². The zero-order valence-electron chi connectivity index (χ0n) is 16.0. The van der Waals surface area contributed by atoms with Crippen LogP contribution in [0.1, 0.15) is 22.7 Å². The summed E-state index contributed by atoms with van der Waals surface area (Å²) in [5.74, 6) is 0.604. The van der Waals surface area contributed by atoms with Gasteiger partial charge in [-0.2, -0.15) is 0 Å². The molecule has 1 aromatic carbocycles. The van der Waals surface area contributed by atoms with Crippen molar-refractivity contribution in [1.29, 1.82) is 0 Å². The number of halogens is 2. The van der Waals surface area contributed by atoms with Crippen LogP contribution >= 0.6 is 46.8 Å². The van der Waals surface area contributed by atoms with Gasteiger partial charge in [0.2, 0.25) is 0 Å². The Morgan fingerprint density at radius 2 is 2.03 bits per heavy atom. The molecular formula is C21H19Cl2N3O2S2. The Morgan fingerprint density at radius 3 is 2.70 bits per heavy atom. The van der Waals surface area contributed by atoms with Crippen LogP contribution in [0.4, 0.5) is 5.69 Å². The first-order chi connectivity index (χ1) is 14.6. The topological polar surface area (TPSA) is 46.6 Å². The van der Waals surface area contributed by atoms with Crippen molar-refractivity contribution in [2.75, 3.05) is 25.2 Å². The van der Waals surface area contributed by atoms with Gasteiger partial charge in [0, 0.05) is 23.9 Å². The fourth-order valence-corrected chi connectivity index (χ4v) is 5.17. The molecule has 1 N–H and O–H groups in total. The van der Waals surface area contributed by atoms with E-state index in [1.165, 1.54) is 11.3 Å². The molecule has 5 nitrogen and oxygen atoms in total. The molecule has 0 amide bonds. The van der Waals surface area contributed by atoms with Gasteiger partial charge >= 0.3 is 0 Å². The molecule has 1 aliphatic rings. The molecule has 2 atom stereocenters. The van der Waals surface area contributed by atoms with E-state index < -0.39 is 0 Å². The summed E-state index contributed by atoms with van der Waals surface area (Å²) >= 11 is 20.0. The highest BCUT2D eigenvalue weighted by Gasteiger charge is 2.41. The van der Waals surface area contributed by atoms with Crippen LogP contribution in [0.3, 0.4) is 0 Å². The summed E-state index contributed by atoms with van der Waals surface area (Å²) in [6, 6.07) is 15.2. The summed E-state index contributed by atoms with van der Waals surface area (Å²) in [7, 11) is 1.63. The first-order valence-corrected chi connectivity index (χ1v) is 11.2. The van der Waals surface area contributed by atoms with Gasteiger partial charge in [0.25, 0.3) is 0 Å². The molecule has 0 spiro atoms. The summed E-state index contributed by atoms with van der Waals surface area (Å²) in [6.45, 7) is 0.919. The molecule has 0 bridgehead atoms. The summed E-state index contributed by atoms with van der Waals surface area (Å²) < 4.78 is 11.4. The van der Waals surface area contributed by atoms with E-state index in [0.717, 1.165) is 20.6 Å². The third kappa shape index (κ3) is 4.40. The molecule has 3 aromatic rings. The van der Waals surface area contributed by atoms with Crippen molar-refractivity contribution in [2.24, 2.45) is 0 Å². The van der Waals surface area contributed by atoms with Crippen molar-refractivity contribution in [1.82, 2.24) is 10.3 Å². The maximum atomic E-state index is 6.50. The molecule has 156 valence electrons. The quantitative estimate of drug-likeness (QED) is 0.348. The number of thiocarbonyl (C=S) groups is 1. The third-order valence-corrected chi connectivity index (χ3v) is 6.63. The SMILES string of the molecule is COCCOc1ccc(N2C(=S)N[C@@H](c3ccccn3)[C@H]2c2ccc(Cl)s2)cc1Cl. The molecule has 0 saturated carbocycles. The first-order valence-electron chi connectivity index (χ1n) is 9.25. The summed E-state index contributed by atoms with van der Waals surface area (Å²) in [5.41, 5.74) is 1.77. The van der Waals surface area contributed by atoms with Gasteiger partial charge in [-0.15, -0.1) is 11.3 Å². The predicted octanol–water partition coefficient (Wildman–Crippen LogP) is 5.65. The van der Waals surface area contributed by atoms with Gasteiger partial charge in [0.05, 0.1) is 33.7 Å². The van der Waals surface area contributed by atoms with Crippen LogP contribution in [-0.2, 0) is 4.74 Å². The maximum Gasteiger partial charge on any atom is 0.174 e. The van der Waals surface area contributed by atoms with Crippen LogP contribution in [0.2, 0.25) is 9.36 Å². The summed E-state index contributed by atoms with van der Waals surface area (Å²) in [4.78, 5) is 7.68. The largest absolute Gasteiger partial charge is 0.490 e. The van der Waals surface area contributed by atoms with Crippen LogP contribution in [0.25, 0.3) is 0 Å². The standard InChI is InChI=1S/C21H19Cl2N3O2S2/c1-27-10-11-28-16-6-5-13(12-14(16)22)26-20(17-7-8-18(23)30-17)19(25-21(26)29)15-4-2-3-9-24-15/h2-9,12,19-20H,10-11H2,1H3,(H,25,29)/t19-,20+/m0/s1. The molecule has 0 radical (unpaired) electrons. The number of methoxy groups -OCH3 is 1. The smallest absolute Gasteiger partial charge is 0.174 e. The minimum atomic E-state index is -0.121. The van der Waals surface area contributed by atoms with Crippen LogP contribution < -0.4 is 15.0 Å². The first kappa shape index (κ1) is 21.3. The van der Waals surface area contributed by atoms with Gasteiger partial charge < -0.3 is 19.7 Å². The number of hydrogen-bond donors (Lipinski definition) is 1. The van der Waals surface area contributed by atoms with Gasteiger partial charge in [-0.05, 0) is 54.7 Å². The summed E-state index contributed by atoms with van der Waals surface area (Å²) in [6.07, 6.45) is 1.78. The molecule has 1 fully saturated rings. The highest BCUT2D eigenvalue weighted by molar-refractivity contribution is 7.80. The zero-order chi connectivity index (χ0) is 21.1. The number of aromatic nitrogens is 1. The highest BCUT2D eigenvalue weighted by Crippen LogP contribution is 2.45. The van der Waals surface area contributed by atoms with E-state index in [1.807, 2.05) is 48.5 Å². The average Bonchev–Trinajstić information content (AvgIpc) is 3.33. The number of pyridine rings is 1. The van der Waals surface area contributed by atoms with Crippen molar-refractivity contribution >= 4 is 57.6 Å². The van der Waals surface area contributed by atoms with Crippen molar-refractivity contribution in [3.8, 4) is 5.75 Å². The lowest BCUT2D eigenvalue weighted by Crippen LogP contribution is -2.29. The molecule has 30 heavy (non-hydrogen) atoms. The molecule has 3 heterocycles. The number of hydrogen-bond acceptors (Lipinski definition) is 5. The van der Waals surface area contributed by atoms with E-state index in [9.17, 15) is 0 Å². The Balaban J connectivity index is 1.70. The Labute approximate surface area is 194 Å². The molecule has 9 heteroatoms. The number of nitrogens with zero attached hydrogens (tertiary/aromatic N) is 2. The summed E-state index contributed by atoms with van der Waals surface area (Å²) in [5, 5.41) is 4.53. The Morgan fingerprint density at radius 1 is 1.17 bits per heavy atom. The van der Waals surface area contributed by atoms with Crippen molar-refractivity contribution in [3.05, 3.63) is 74.7 Å². The molecule has 2 aromatic heterocycles. The number of anilines is 1. The minimum Gasteiger partial charge on any atom is -0.490 e. The van der Waals surface area contributed by atoms with Crippen molar-refractivity contribution < 1.29 is 9.47 Å². The lowest BCUT2D eigenvalue weighted by atomic mass is 10.0. The monoisotopic (exact) mass is 479 g/mol. The van der Waals surface area contributed by atoms with E-state index in [2.05, 4.69) is 15.2 Å². The molecule has 1 saturated heterocycles. The molecule has 4 rings (SSSR count). The molecule has 0 unspecified atom stereocenters. The normalized spacial score (nSPS) is 18.5. The number of nitrogens with one attached hydrogen (secondary N) is 1. The van der Waals surface area contributed by atoms with E-state index in [1.54, 1.807) is 13.3 Å². The van der Waals surface area contributed by atoms with Crippen LogP contribution in [0, 0.1) is 0 Å². The van der Waals surface area contributed by atoms with E-state index >= 15 is 0 Å². The lowest BCUT2D eigenvalue weighted by Gasteiger charge is -2.27. The lowest BCUT2D eigenvalue weighted by molar-refractivity contribution is 0.146. The van der Waals surface area contributed by atoms with E-state index in [-0.39, 0.29) is 12.1 Å². The van der Waals surface area contributed by atoms with Crippen LogP contribution in [0.5, 0.6) is 5.75 Å². The highest BCUT2D eigenvalue weighted by atomic mass is 35.5. The van der Waals surface area contributed by atoms with Crippen LogP contribution in [-0.4, -0.2) is 30.4 Å². The van der Waals surface area contributed by atoms with Gasteiger partial charge in [0.15, 0.2) is 5.11 Å². The van der Waals surface area contributed by atoms with Crippen molar-refractivity contribution in [2.45, 2.75) is 12.1 Å². The maximum absolute atomic E-state index is 6.50. The van der Waals surface area contributed by atoms with E-state index in [4.69, 9.17) is 44.9 Å². The Kier molecular flexibility index (Phi) is 6.75. The second-order valence-electron chi connectivity index (χ2n) is 6.59. The van der Waals surface area contributed by atoms with Gasteiger partial charge in [0.1, 0.15) is 12.4 Å². The van der Waals surface area contributed by atoms with Crippen LogP contribution in [0.15, 0.2) is 54.7 Å². The Hall–Kier alpha value is -1.90. The number of thiophene rings is 1. The number of ether oxygens (including phenoxy) is 2. The van der Waals surface area contributed by atoms with Gasteiger partial charge in [-0.25, -0.2) is 0 Å². The second-order valence-corrected chi connectivity index (χ2v) is 9.14. The minimum absolute atomic E-state index is 0.110. The third-order valence-electron chi connectivity index (χ3n) is 4.72. The molecule has 1 aliphatic heterocycles. The second kappa shape index (κ2) is 9.49. The zero-order valence-corrected chi connectivity index (χ0v) is 19.2. The fourth-order valence-electron chi connectivity index (χ4n) is 3.40. The fraction of sp³-hybridized carbons (Fsp3) is 0.238. The van der Waals surface area contributed by atoms with Gasteiger partial charge in [-0.1, -0.05) is 29.3 Å². The number of benzene rings is 1. The Bertz CT molecular complexity index is 1030.